The Morgan fingerprint density at radius 3 is 2.52 bits per heavy atom. The van der Waals surface area contributed by atoms with Crippen molar-refractivity contribution in [3.63, 3.8) is 0 Å². The highest BCUT2D eigenvalue weighted by Gasteiger charge is 2.31. The lowest BCUT2D eigenvalue weighted by atomic mass is 9.77. The zero-order valence-electron chi connectivity index (χ0n) is 16.6. The number of aromatic nitrogens is 3. The van der Waals surface area contributed by atoms with Crippen LogP contribution in [0.5, 0.6) is 0 Å². The molecule has 1 aliphatic carbocycles. The van der Waals surface area contributed by atoms with Crippen LogP contribution in [0.1, 0.15) is 49.9 Å². The first-order valence-corrected chi connectivity index (χ1v) is 10.3. The van der Waals surface area contributed by atoms with Gasteiger partial charge in [-0.15, -0.1) is 0 Å². The van der Waals surface area contributed by atoms with Crippen LogP contribution in [-0.4, -0.2) is 37.8 Å². The maximum atomic E-state index is 12.6. The van der Waals surface area contributed by atoms with E-state index in [9.17, 15) is 9.90 Å². The van der Waals surface area contributed by atoms with Gasteiger partial charge in [0, 0.05) is 28.8 Å². The number of rotatable bonds is 4. The highest BCUT2D eigenvalue weighted by Crippen LogP contribution is 2.33. The van der Waals surface area contributed by atoms with Crippen molar-refractivity contribution in [3.05, 3.63) is 47.2 Å². The van der Waals surface area contributed by atoms with Crippen molar-refractivity contribution in [3.8, 4) is 11.3 Å². The topological polar surface area (TPSA) is 90.9 Å². The molecule has 1 aliphatic rings. The maximum Gasteiger partial charge on any atom is 0.251 e. The number of carbonyl (C=O) groups excluding carboxylic acids is 1. The number of halogens is 1. The fraction of sp³-hybridized carbons (Fsp3) is 0.409. The fourth-order valence-electron chi connectivity index (χ4n) is 4.13. The molecular formula is C22H25ClN4O2. The molecule has 6 nitrogen and oxygen atoms in total. The van der Waals surface area contributed by atoms with E-state index in [0.717, 1.165) is 47.8 Å². The summed E-state index contributed by atoms with van der Waals surface area (Å²) < 4.78 is 0. The lowest BCUT2D eigenvalue weighted by Crippen LogP contribution is -2.41. The highest BCUT2D eigenvalue weighted by molar-refractivity contribution is 6.35. The average molecular weight is 413 g/mol. The van der Waals surface area contributed by atoms with E-state index in [2.05, 4.69) is 20.5 Å². The normalized spacial score (nSPS) is 20.0. The van der Waals surface area contributed by atoms with Crippen LogP contribution < -0.4 is 5.32 Å². The molecule has 1 amide bonds. The largest absolute Gasteiger partial charge is 0.390 e. The molecule has 0 aliphatic heterocycles. The second-order valence-electron chi connectivity index (χ2n) is 8.37. The molecule has 1 fully saturated rings. The van der Waals surface area contributed by atoms with E-state index in [1.54, 1.807) is 12.4 Å². The van der Waals surface area contributed by atoms with E-state index in [0.29, 0.717) is 16.5 Å². The first-order valence-electron chi connectivity index (χ1n) is 9.94. The Hall–Kier alpha value is -2.44. The molecule has 2 aromatic heterocycles. The number of hydrogen-bond donors (Lipinski definition) is 3. The lowest BCUT2D eigenvalue weighted by molar-refractivity contribution is -0.00257. The summed E-state index contributed by atoms with van der Waals surface area (Å²) in [5.41, 5.74) is 2.39. The Morgan fingerprint density at radius 1 is 1.17 bits per heavy atom. The SMILES string of the molecule is CC(C)(O)[C@H]1CC[C@H](NC(=O)c2ccc(-c3ncc(Cl)c4[nH]ncc34)cc2)CC1. The number of amides is 1. The van der Waals surface area contributed by atoms with Gasteiger partial charge in [0.05, 0.1) is 28.0 Å². The van der Waals surface area contributed by atoms with Gasteiger partial charge in [-0.3, -0.25) is 14.9 Å². The van der Waals surface area contributed by atoms with Crippen LogP contribution in [0, 0.1) is 5.92 Å². The number of carbonyl (C=O) groups is 1. The first-order chi connectivity index (χ1) is 13.8. The summed E-state index contributed by atoms with van der Waals surface area (Å²) in [6.45, 7) is 3.73. The first kappa shape index (κ1) is 19.9. The summed E-state index contributed by atoms with van der Waals surface area (Å²) in [6, 6.07) is 7.57. The predicted molar refractivity (Wildman–Crippen MR) is 114 cm³/mol. The van der Waals surface area contributed by atoms with Crippen LogP contribution in [0.2, 0.25) is 5.02 Å². The van der Waals surface area contributed by atoms with Crippen molar-refractivity contribution in [1.82, 2.24) is 20.5 Å². The summed E-state index contributed by atoms with van der Waals surface area (Å²) in [5.74, 6) is 0.224. The molecule has 0 bridgehead atoms. The number of benzene rings is 1. The molecular weight excluding hydrogens is 388 g/mol. The number of pyridine rings is 1. The Labute approximate surface area is 174 Å². The standard InChI is InChI=1S/C22H25ClN4O2/c1-22(2,29)15-7-9-16(10-8-15)26-21(28)14-5-3-13(4-6-14)19-17-11-25-27-20(17)18(23)12-24-19/h3-6,11-12,15-16,29H,7-10H2,1-2H3,(H,25,27)(H,26,28)/t15-,16-. The van der Waals surface area contributed by atoms with E-state index >= 15 is 0 Å². The second kappa shape index (κ2) is 7.76. The molecule has 4 rings (SSSR count). The molecule has 3 N–H and O–H groups in total. The van der Waals surface area contributed by atoms with E-state index < -0.39 is 5.60 Å². The number of fused-ring (bicyclic) bond motifs is 1. The smallest absolute Gasteiger partial charge is 0.251 e. The quantitative estimate of drug-likeness (QED) is 0.594. The zero-order valence-corrected chi connectivity index (χ0v) is 17.3. The monoisotopic (exact) mass is 412 g/mol. The molecule has 0 atom stereocenters. The number of nitrogens with one attached hydrogen (secondary N) is 2. The van der Waals surface area contributed by atoms with Gasteiger partial charge < -0.3 is 10.4 Å². The van der Waals surface area contributed by atoms with Gasteiger partial charge in [-0.25, -0.2) is 0 Å². The summed E-state index contributed by atoms with van der Waals surface area (Å²) in [4.78, 5) is 17.1. The highest BCUT2D eigenvalue weighted by atomic mass is 35.5. The predicted octanol–water partition coefficient (Wildman–Crippen LogP) is 4.34. The zero-order chi connectivity index (χ0) is 20.6. The van der Waals surface area contributed by atoms with Gasteiger partial charge in [0.2, 0.25) is 0 Å². The third-order valence-electron chi connectivity index (χ3n) is 5.92. The number of aliphatic hydroxyl groups is 1. The van der Waals surface area contributed by atoms with E-state index in [1.807, 2.05) is 38.1 Å². The molecule has 2 heterocycles. The van der Waals surface area contributed by atoms with Crippen LogP contribution in [0.4, 0.5) is 0 Å². The number of H-pyrrole nitrogens is 1. The summed E-state index contributed by atoms with van der Waals surface area (Å²) in [7, 11) is 0. The molecule has 0 saturated heterocycles. The average Bonchev–Trinajstić information content (AvgIpc) is 3.19. The number of aromatic amines is 1. The van der Waals surface area contributed by atoms with E-state index in [-0.39, 0.29) is 11.9 Å². The van der Waals surface area contributed by atoms with Gasteiger partial charge in [-0.1, -0.05) is 23.7 Å². The van der Waals surface area contributed by atoms with Gasteiger partial charge in [0.25, 0.3) is 5.91 Å². The van der Waals surface area contributed by atoms with Crippen molar-refractivity contribution in [2.24, 2.45) is 5.92 Å². The molecule has 0 spiro atoms. The van der Waals surface area contributed by atoms with Crippen LogP contribution in [-0.2, 0) is 0 Å². The molecule has 152 valence electrons. The van der Waals surface area contributed by atoms with Crippen LogP contribution in [0.15, 0.2) is 36.7 Å². The fourth-order valence-corrected chi connectivity index (χ4v) is 4.32. The molecule has 1 aromatic carbocycles. The second-order valence-corrected chi connectivity index (χ2v) is 8.77. The summed E-state index contributed by atoms with van der Waals surface area (Å²) >= 11 is 6.15. The summed E-state index contributed by atoms with van der Waals surface area (Å²) in [5, 5.41) is 21.6. The van der Waals surface area contributed by atoms with E-state index in [1.165, 1.54) is 0 Å². The number of hydrogen-bond acceptors (Lipinski definition) is 4. The van der Waals surface area contributed by atoms with Crippen LogP contribution in [0.25, 0.3) is 22.2 Å². The Bertz CT molecular complexity index is 1020. The van der Waals surface area contributed by atoms with Gasteiger partial charge in [-0.2, -0.15) is 5.10 Å². The lowest BCUT2D eigenvalue weighted by Gasteiger charge is -2.36. The van der Waals surface area contributed by atoms with Crippen molar-refractivity contribution in [1.29, 1.82) is 0 Å². The number of nitrogens with zero attached hydrogens (tertiary/aromatic N) is 2. The summed E-state index contributed by atoms with van der Waals surface area (Å²) in [6.07, 6.45) is 6.94. The third kappa shape index (κ3) is 4.14. The molecule has 0 unspecified atom stereocenters. The van der Waals surface area contributed by atoms with Crippen molar-refractivity contribution in [2.75, 3.05) is 0 Å². The maximum absolute atomic E-state index is 12.6. The van der Waals surface area contributed by atoms with Gasteiger partial charge in [-0.05, 0) is 57.6 Å². The molecule has 1 saturated carbocycles. The van der Waals surface area contributed by atoms with Crippen LogP contribution >= 0.6 is 11.6 Å². The minimum absolute atomic E-state index is 0.0687. The van der Waals surface area contributed by atoms with E-state index in [4.69, 9.17) is 11.6 Å². The van der Waals surface area contributed by atoms with Crippen molar-refractivity contribution >= 4 is 28.4 Å². The van der Waals surface area contributed by atoms with Gasteiger partial charge in [0.15, 0.2) is 0 Å². The van der Waals surface area contributed by atoms with Gasteiger partial charge >= 0.3 is 0 Å². The third-order valence-corrected chi connectivity index (χ3v) is 6.21. The minimum Gasteiger partial charge on any atom is -0.390 e. The molecule has 7 heteroatoms. The Morgan fingerprint density at radius 2 is 1.86 bits per heavy atom. The van der Waals surface area contributed by atoms with Crippen LogP contribution in [0.3, 0.4) is 0 Å². The Kier molecular flexibility index (Phi) is 5.32. The minimum atomic E-state index is -0.652. The molecule has 0 radical (unpaired) electrons. The van der Waals surface area contributed by atoms with Crippen molar-refractivity contribution < 1.29 is 9.90 Å². The Balaban J connectivity index is 1.44. The molecule has 29 heavy (non-hydrogen) atoms. The van der Waals surface area contributed by atoms with Crippen molar-refractivity contribution in [2.45, 2.75) is 51.2 Å². The van der Waals surface area contributed by atoms with Gasteiger partial charge in [0.1, 0.15) is 0 Å². The molecule has 3 aromatic rings.